The predicted octanol–water partition coefficient (Wildman–Crippen LogP) is 1.94. The van der Waals surface area contributed by atoms with Crippen LogP contribution in [0.3, 0.4) is 0 Å². The maximum Gasteiger partial charge on any atom is 0.325 e. The van der Waals surface area contributed by atoms with Crippen molar-refractivity contribution in [2.24, 2.45) is 0 Å². The quantitative estimate of drug-likeness (QED) is 0.868. The van der Waals surface area contributed by atoms with Gasteiger partial charge in [-0.1, -0.05) is 11.6 Å². The van der Waals surface area contributed by atoms with Crippen LogP contribution in [-0.4, -0.2) is 23.0 Å². The number of carboxylic acid groups (broad SMARTS) is 1. The molecule has 1 heterocycles. The van der Waals surface area contributed by atoms with Gasteiger partial charge in [0.25, 0.3) is 5.91 Å². The molecule has 1 unspecified atom stereocenters. The highest BCUT2D eigenvalue weighted by atomic mass is 16.4. The van der Waals surface area contributed by atoms with Crippen LogP contribution in [0, 0.1) is 6.92 Å². The normalized spacial score (nSPS) is 12.3. The van der Waals surface area contributed by atoms with Crippen molar-refractivity contribution in [2.45, 2.75) is 19.9 Å². The molecule has 2 rings (SSSR count). The van der Waals surface area contributed by atoms with Crippen molar-refractivity contribution in [3.8, 4) is 0 Å². The number of furan rings is 1. The Labute approximate surface area is 103 Å². The third-order valence-electron chi connectivity index (χ3n) is 2.61. The lowest BCUT2D eigenvalue weighted by Crippen LogP contribution is -2.38. The number of aryl methyl sites for hydroxylation is 1. The van der Waals surface area contributed by atoms with Crippen molar-refractivity contribution >= 4 is 22.8 Å². The minimum absolute atomic E-state index is 0.115. The van der Waals surface area contributed by atoms with Gasteiger partial charge in [0.15, 0.2) is 5.76 Å². The van der Waals surface area contributed by atoms with Gasteiger partial charge in [-0.25, -0.2) is 0 Å². The van der Waals surface area contributed by atoms with Gasteiger partial charge in [0.1, 0.15) is 11.6 Å². The molecular weight excluding hydrogens is 234 g/mol. The number of rotatable bonds is 3. The van der Waals surface area contributed by atoms with Crippen molar-refractivity contribution in [1.29, 1.82) is 0 Å². The minimum atomic E-state index is -1.09. The molecule has 1 amide bonds. The summed E-state index contributed by atoms with van der Waals surface area (Å²) in [6.07, 6.45) is 0. The van der Waals surface area contributed by atoms with Gasteiger partial charge in [-0.2, -0.15) is 0 Å². The number of carbonyl (C=O) groups excluding carboxylic acids is 1. The SMILES string of the molecule is Cc1ccc2oc(C(=O)NC(C)C(=O)O)cc2c1. The Hall–Kier alpha value is -2.30. The second-order valence-corrected chi connectivity index (χ2v) is 4.19. The van der Waals surface area contributed by atoms with E-state index in [9.17, 15) is 9.59 Å². The Morgan fingerprint density at radius 3 is 2.72 bits per heavy atom. The van der Waals surface area contributed by atoms with Crippen LogP contribution in [-0.2, 0) is 4.79 Å². The maximum atomic E-state index is 11.7. The number of benzene rings is 1. The van der Waals surface area contributed by atoms with Crippen molar-refractivity contribution in [2.75, 3.05) is 0 Å². The highest BCUT2D eigenvalue weighted by Gasteiger charge is 2.18. The molecule has 5 heteroatoms. The molecule has 1 atom stereocenters. The maximum absolute atomic E-state index is 11.7. The summed E-state index contributed by atoms with van der Waals surface area (Å²) >= 11 is 0. The number of fused-ring (bicyclic) bond motifs is 1. The van der Waals surface area contributed by atoms with E-state index in [4.69, 9.17) is 9.52 Å². The Bertz CT molecular complexity index is 614. The molecule has 2 aromatic rings. The second-order valence-electron chi connectivity index (χ2n) is 4.19. The van der Waals surface area contributed by atoms with Crippen molar-refractivity contribution in [3.63, 3.8) is 0 Å². The Balaban J connectivity index is 2.26. The molecule has 94 valence electrons. The Kier molecular flexibility index (Phi) is 3.06. The molecule has 0 saturated heterocycles. The number of nitrogens with one attached hydrogen (secondary N) is 1. The van der Waals surface area contributed by atoms with Crippen LogP contribution in [0.25, 0.3) is 11.0 Å². The molecule has 0 fully saturated rings. The first-order chi connectivity index (χ1) is 8.47. The molecule has 1 aromatic heterocycles. The predicted molar refractivity (Wildman–Crippen MR) is 65.5 cm³/mol. The number of carbonyl (C=O) groups is 2. The molecule has 0 aliphatic rings. The van der Waals surface area contributed by atoms with E-state index >= 15 is 0 Å². The van der Waals surface area contributed by atoms with E-state index in [2.05, 4.69) is 5.32 Å². The summed E-state index contributed by atoms with van der Waals surface area (Å²) in [4.78, 5) is 22.4. The van der Waals surface area contributed by atoms with E-state index in [0.29, 0.717) is 5.58 Å². The van der Waals surface area contributed by atoms with Gasteiger partial charge in [0, 0.05) is 5.39 Å². The van der Waals surface area contributed by atoms with E-state index in [-0.39, 0.29) is 5.76 Å². The van der Waals surface area contributed by atoms with Gasteiger partial charge >= 0.3 is 5.97 Å². The van der Waals surface area contributed by atoms with Crippen LogP contribution in [0.1, 0.15) is 23.0 Å². The number of hydrogen-bond donors (Lipinski definition) is 2. The molecular formula is C13H13NO4. The van der Waals surface area contributed by atoms with Crippen LogP contribution in [0.2, 0.25) is 0 Å². The van der Waals surface area contributed by atoms with Crippen LogP contribution >= 0.6 is 0 Å². The monoisotopic (exact) mass is 247 g/mol. The number of amides is 1. The van der Waals surface area contributed by atoms with Crippen molar-refractivity contribution in [1.82, 2.24) is 5.32 Å². The zero-order valence-electron chi connectivity index (χ0n) is 10.1. The summed E-state index contributed by atoms with van der Waals surface area (Å²) in [6, 6.07) is 6.21. The third kappa shape index (κ3) is 2.34. The molecule has 0 saturated carbocycles. The molecule has 18 heavy (non-hydrogen) atoms. The van der Waals surface area contributed by atoms with Crippen molar-refractivity contribution in [3.05, 3.63) is 35.6 Å². The lowest BCUT2D eigenvalue weighted by atomic mass is 10.2. The van der Waals surface area contributed by atoms with Gasteiger partial charge < -0.3 is 14.8 Å². The smallest absolute Gasteiger partial charge is 0.325 e. The van der Waals surface area contributed by atoms with E-state index in [1.165, 1.54) is 6.92 Å². The van der Waals surface area contributed by atoms with Crippen LogP contribution in [0.15, 0.2) is 28.7 Å². The zero-order chi connectivity index (χ0) is 13.3. The number of hydrogen-bond acceptors (Lipinski definition) is 3. The standard InChI is InChI=1S/C13H13NO4/c1-7-3-4-10-9(5-7)6-11(18-10)12(15)14-8(2)13(16)17/h3-6,8H,1-2H3,(H,14,15)(H,16,17). The van der Waals surface area contributed by atoms with Gasteiger partial charge in [-0.15, -0.1) is 0 Å². The first kappa shape index (κ1) is 12.2. The first-order valence-electron chi connectivity index (χ1n) is 5.51. The molecule has 0 bridgehead atoms. The average Bonchev–Trinajstić information content (AvgIpc) is 2.71. The largest absolute Gasteiger partial charge is 0.480 e. The highest BCUT2D eigenvalue weighted by molar-refractivity contribution is 5.97. The third-order valence-corrected chi connectivity index (χ3v) is 2.61. The Morgan fingerprint density at radius 2 is 2.06 bits per heavy atom. The van der Waals surface area contributed by atoms with Gasteiger partial charge in [0.2, 0.25) is 0 Å². The number of aliphatic carboxylic acids is 1. The second kappa shape index (κ2) is 4.52. The fraction of sp³-hybridized carbons (Fsp3) is 0.231. The van der Waals surface area contributed by atoms with Crippen LogP contribution in [0.4, 0.5) is 0 Å². The molecule has 0 spiro atoms. The summed E-state index contributed by atoms with van der Waals surface area (Å²) in [7, 11) is 0. The summed E-state index contributed by atoms with van der Waals surface area (Å²) in [5, 5.41) is 11.9. The fourth-order valence-electron chi connectivity index (χ4n) is 1.60. The highest BCUT2D eigenvalue weighted by Crippen LogP contribution is 2.20. The van der Waals surface area contributed by atoms with Gasteiger partial charge in [0.05, 0.1) is 0 Å². The Morgan fingerprint density at radius 1 is 1.33 bits per heavy atom. The van der Waals surface area contributed by atoms with Gasteiger partial charge in [-0.05, 0) is 32.0 Å². The van der Waals surface area contributed by atoms with Crippen LogP contribution < -0.4 is 5.32 Å². The number of carboxylic acids is 1. The minimum Gasteiger partial charge on any atom is -0.480 e. The lowest BCUT2D eigenvalue weighted by molar-refractivity contribution is -0.138. The van der Waals surface area contributed by atoms with E-state index in [1.54, 1.807) is 12.1 Å². The molecule has 2 N–H and O–H groups in total. The molecule has 0 aliphatic carbocycles. The summed E-state index contributed by atoms with van der Waals surface area (Å²) in [5.41, 5.74) is 1.67. The van der Waals surface area contributed by atoms with E-state index < -0.39 is 17.9 Å². The fourth-order valence-corrected chi connectivity index (χ4v) is 1.60. The van der Waals surface area contributed by atoms with Crippen LogP contribution in [0.5, 0.6) is 0 Å². The summed E-state index contributed by atoms with van der Waals surface area (Å²) in [5.74, 6) is -1.50. The van der Waals surface area contributed by atoms with E-state index in [0.717, 1.165) is 10.9 Å². The molecule has 0 aliphatic heterocycles. The summed E-state index contributed by atoms with van der Waals surface area (Å²) < 4.78 is 5.36. The van der Waals surface area contributed by atoms with Crippen molar-refractivity contribution < 1.29 is 19.1 Å². The van der Waals surface area contributed by atoms with E-state index in [1.807, 2.05) is 19.1 Å². The molecule has 0 radical (unpaired) electrons. The lowest BCUT2D eigenvalue weighted by Gasteiger charge is -2.06. The summed E-state index contributed by atoms with van der Waals surface area (Å²) in [6.45, 7) is 3.34. The zero-order valence-corrected chi connectivity index (χ0v) is 10.1. The molecule has 1 aromatic carbocycles. The molecule has 5 nitrogen and oxygen atoms in total. The van der Waals surface area contributed by atoms with Gasteiger partial charge in [-0.3, -0.25) is 9.59 Å². The first-order valence-corrected chi connectivity index (χ1v) is 5.51. The average molecular weight is 247 g/mol. The topological polar surface area (TPSA) is 79.5 Å².